The summed E-state index contributed by atoms with van der Waals surface area (Å²) in [6.45, 7) is 8.09. The summed E-state index contributed by atoms with van der Waals surface area (Å²) in [4.78, 5) is 11.3. The zero-order chi connectivity index (χ0) is 11.2. The molecule has 1 atom stereocenters. The van der Waals surface area contributed by atoms with Crippen LogP contribution in [0.2, 0.25) is 0 Å². The zero-order valence-electron chi connectivity index (χ0n) is 9.60. The lowest BCUT2D eigenvalue weighted by Crippen LogP contribution is -2.19. The minimum absolute atomic E-state index is 0.0293. The van der Waals surface area contributed by atoms with Gasteiger partial charge in [-0.05, 0) is 18.3 Å². The Kier molecular flexibility index (Phi) is 6.17. The summed E-state index contributed by atoms with van der Waals surface area (Å²) in [6.07, 6.45) is 3.23. The van der Waals surface area contributed by atoms with Gasteiger partial charge < -0.3 is 4.74 Å². The monoisotopic (exact) mass is 220 g/mol. The number of halogens is 1. The molecule has 1 unspecified atom stereocenters. The van der Waals surface area contributed by atoms with E-state index in [1.54, 1.807) is 0 Å². The van der Waals surface area contributed by atoms with Gasteiger partial charge in [0.05, 0.1) is 6.42 Å². The van der Waals surface area contributed by atoms with Gasteiger partial charge in [0, 0.05) is 0 Å². The molecule has 0 aliphatic carbocycles. The Bertz CT molecular complexity index is 173. The second-order valence-corrected chi connectivity index (χ2v) is 5.27. The highest BCUT2D eigenvalue weighted by Crippen LogP contribution is 2.20. The van der Waals surface area contributed by atoms with Crippen LogP contribution in [0.4, 0.5) is 0 Å². The van der Waals surface area contributed by atoms with Gasteiger partial charge in [-0.2, -0.15) is 0 Å². The van der Waals surface area contributed by atoms with E-state index in [2.05, 4.69) is 6.92 Å². The third-order valence-corrected chi connectivity index (χ3v) is 2.03. The Hall–Kier alpha value is -0.240. The first kappa shape index (κ1) is 13.8. The molecule has 0 rings (SSSR count). The van der Waals surface area contributed by atoms with Gasteiger partial charge in [0.1, 0.15) is 0 Å². The van der Waals surface area contributed by atoms with Crippen molar-refractivity contribution in [3.8, 4) is 0 Å². The molecule has 84 valence electrons. The third-order valence-electron chi connectivity index (χ3n) is 1.72. The van der Waals surface area contributed by atoms with E-state index >= 15 is 0 Å². The Morgan fingerprint density at radius 2 is 2.00 bits per heavy atom. The first-order valence-corrected chi connectivity index (χ1v) is 5.62. The van der Waals surface area contributed by atoms with Crippen LogP contribution in [-0.2, 0) is 9.53 Å². The average molecular weight is 221 g/mol. The highest BCUT2D eigenvalue weighted by molar-refractivity contribution is 6.20. The Morgan fingerprint density at radius 3 is 2.43 bits per heavy atom. The molecule has 0 fully saturated rings. The first-order chi connectivity index (χ1) is 6.35. The molecule has 0 N–H and O–H groups in total. The summed E-state index contributed by atoms with van der Waals surface area (Å²) < 4.78 is 5.05. The molecule has 0 radical (unpaired) electrons. The SMILES string of the molecule is CCCCC(Cl)OC(=O)CC(C)(C)C. The van der Waals surface area contributed by atoms with Gasteiger partial charge in [-0.3, -0.25) is 4.79 Å². The van der Waals surface area contributed by atoms with E-state index in [0.29, 0.717) is 6.42 Å². The summed E-state index contributed by atoms with van der Waals surface area (Å²) in [7, 11) is 0. The lowest BCUT2D eigenvalue weighted by Gasteiger charge is -2.18. The number of carbonyl (C=O) groups is 1. The summed E-state index contributed by atoms with van der Waals surface area (Å²) in [5.74, 6) is -0.200. The maximum atomic E-state index is 11.3. The molecule has 14 heavy (non-hydrogen) atoms. The Balaban J connectivity index is 3.71. The first-order valence-electron chi connectivity index (χ1n) is 5.18. The fraction of sp³-hybridized carbons (Fsp3) is 0.909. The topological polar surface area (TPSA) is 26.3 Å². The zero-order valence-corrected chi connectivity index (χ0v) is 10.4. The highest BCUT2D eigenvalue weighted by Gasteiger charge is 2.19. The molecule has 0 aromatic heterocycles. The van der Waals surface area contributed by atoms with E-state index in [9.17, 15) is 4.79 Å². The smallest absolute Gasteiger partial charge is 0.307 e. The van der Waals surface area contributed by atoms with Crippen molar-refractivity contribution in [1.82, 2.24) is 0 Å². The minimum Gasteiger partial charge on any atom is -0.446 e. The van der Waals surface area contributed by atoms with Gasteiger partial charge >= 0.3 is 5.97 Å². The van der Waals surface area contributed by atoms with E-state index in [1.165, 1.54) is 0 Å². The molecule has 3 heteroatoms. The van der Waals surface area contributed by atoms with Crippen molar-refractivity contribution in [2.45, 2.75) is 58.9 Å². The normalized spacial score (nSPS) is 13.8. The van der Waals surface area contributed by atoms with Crippen molar-refractivity contribution >= 4 is 17.6 Å². The summed E-state index contributed by atoms with van der Waals surface area (Å²) in [5.41, 5.74) is -0.483. The Labute approximate surface area is 92.0 Å². The number of hydrogen-bond acceptors (Lipinski definition) is 2. The van der Waals surface area contributed by atoms with E-state index in [0.717, 1.165) is 19.3 Å². The highest BCUT2D eigenvalue weighted by atomic mass is 35.5. The van der Waals surface area contributed by atoms with Crippen molar-refractivity contribution in [2.75, 3.05) is 0 Å². The summed E-state index contributed by atoms with van der Waals surface area (Å²) >= 11 is 5.84. The molecule has 0 aromatic rings. The third kappa shape index (κ3) is 8.36. The molecule has 0 amide bonds. The fourth-order valence-corrected chi connectivity index (χ4v) is 1.29. The van der Waals surface area contributed by atoms with Crippen molar-refractivity contribution in [1.29, 1.82) is 0 Å². The number of alkyl halides is 1. The molecule has 0 heterocycles. The van der Waals surface area contributed by atoms with Crippen molar-refractivity contribution < 1.29 is 9.53 Å². The Morgan fingerprint density at radius 1 is 1.43 bits per heavy atom. The summed E-state index contributed by atoms with van der Waals surface area (Å²) in [5, 5.41) is 0. The van der Waals surface area contributed by atoms with Gasteiger partial charge in [0.25, 0.3) is 0 Å². The van der Waals surface area contributed by atoms with Crippen molar-refractivity contribution in [2.24, 2.45) is 5.41 Å². The number of rotatable bonds is 5. The van der Waals surface area contributed by atoms with Gasteiger partial charge in [0.15, 0.2) is 5.56 Å². The molecule has 0 bridgehead atoms. The number of carbonyl (C=O) groups excluding carboxylic acids is 1. The fourth-order valence-electron chi connectivity index (χ4n) is 1.04. The average Bonchev–Trinajstić information content (AvgIpc) is 1.96. The summed E-state index contributed by atoms with van der Waals surface area (Å²) in [6, 6.07) is 0. The van der Waals surface area contributed by atoms with Crippen LogP contribution in [0, 0.1) is 5.41 Å². The molecule has 0 aliphatic heterocycles. The number of esters is 1. The molecule has 0 saturated heterocycles. The largest absolute Gasteiger partial charge is 0.446 e. The predicted octanol–water partition coefficient (Wildman–Crippen LogP) is 3.72. The van der Waals surface area contributed by atoms with Crippen LogP contribution in [0.3, 0.4) is 0 Å². The molecule has 0 saturated carbocycles. The second-order valence-electron chi connectivity index (χ2n) is 4.78. The van der Waals surface area contributed by atoms with Crippen LogP contribution < -0.4 is 0 Å². The van der Waals surface area contributed by atoms with Crippen LogP contribution in [0.15, 0.2) is 0 Å². The van der Waals surface area contributed by atoms with Crippen molar-refractivity contribution in [3.63, 3.8) is 0 Å². The van der Waals surface area contributed by atoms with Crippen LogP contribution in [-0.4, -0.2) is 11.5 Å². The standard InChI is InChI=1S/C11H21ClO2/c1-5-6-7-9(12)14-10(13)8-11(2,3)4/h9H,5-8H2,1-4H3. The van der Waals surface area contributed by atoms with Gasteiger partial charge in [-0.15, -0.1) is 0 Å². The minimum atomic E-state index is -0.454. The predicted molar refractivity (Wildman–Crippen MR) is 59.3 cm³/mol. The van der Waals surface area contributed by atoms with E-state index in [4.69, 9.17) is 16.3 Å². The van der Waals surface area contributed by atoms with Crippen molar-refractivity contribution in [3.05, 3.63) is 0 Å². The lowest BCUT2D eigenvalue weighted by atomic mass is 9.92. The van der Waals surface area contributed by atoms with Crippen LogP contribution in [0.5, 0.6) is 0 Å². The second kappa shape index (κ2) is 6.28. The van der Waals surface area contributed by atoms with E-state index in [1.807, 2.05) is 20.8 Å². The quantitative estimate of drug-likeness (QED) is 0.522. The molecule has 0 spiro atoms. The molecular formula is C11H21ClO2. The van der Waals surface area contributed by atoms with Crippen LogP contribution in [0.1, 0.15) is 53.4 Å². The molecular weight excluding hydrogens is 200 g/mol. The van der Waals surface area contributed by atoms with Gasteiger partial charge in [-0.25, -0.2) is 0 Å². The number of hydrogen-bond donors (Lipinski definition) is 0. The van der Waals surface area contributed by atoms with Gasteiger partial charge in [0.2, 0.25) is 0 Å². The lowest BCUT2D eigenvalue weighted by molar-refractivity contribution is -0.147. The van der Waals surface area contributed by atoms with E-state index < -0.39 is 5.56 Å². The number of ether oxygens (including phenoxy) is 1. The molecule has 0 aliphatic rings. The van der Waals surface area contributed by atoms with Crippen LogP contribution in [0.25, 0.3) is 0 Å². The molecule has 2 nitrogen and oxygen atoms in total. The van der Waals surface area contributed by atoms with Gasteiger partial charge in [-0.1, -0.05) is 45.7 Å². The number of unbranched alkanes of at least 4 members (excludes halogenated alkanes) is 1. The maximum absolute atomic E-state index is 11.3. The maximum Gasteiger partial charge on any atom is 0.307 e. The van der Waals surface area contributed by atoms with E-state index in [-0.39, 0.29) is 11.4 Å². The molecule has 0 aromatic carbocycles. The van der Waals surface area contributed by atoms with Crippen LogP contribution >= 0.6 is 11.6 Å².